The first-order valence-corrected chi connectivity index (χ1v) is 12.7. The van der Waals surface area contributed by atoms with Crippen LogP contribution in [0.2, 0.25) is 0 Å². The Morgan fingerprint density at radius 1 is 0.886 bits per heavy atom. The van der Waals surface area contributed by atoms with Gasteiger partial charge < -0.3 is 16.0 Å². The Bertz CT molecular complexity index is 1320. The van der Waals surface area contributed by atoms with Crippen molar-refractivity contribution in [1.82, 2.24) is 10.6 Å². The molecule has 0 heterocycles. The van der Waals surface area contributed by atoms with Gasteiger partial charge in [0.25, 0.3) is 15.9 Å². The van der Waals surface area contributed by atoms with Crippen molar-refractivity contribution in [1.29, 1.82) is 0 Å². The maximum atomic E-state index is 12.9. The first kappa shape index (κ1) is 25.8. The lowest BCUT2D eigenvalue weighted by Crippen LogP contribution is -2.34. The van der Waals surface area contributed by atoms with Crippen molar-refractivity contribution < 1.29 is 18.0 Å². The van der Waals surface area contributed by atoms with Crippen molar-refractivity contribution in [3.05, 3.63) is 89.0 Å². The Morgan fingerprint density at radius 3 is 2.23 bits per heavy atom. The Balaban J connectivity index is 1.67. The Labute approximate surface area is 206 Å². The predicted molar refractivity (Wildman–Crippen MR) is 138 cm³/mol. The Kier molecular flexibility index (Phi) is 8.14. The zero-order chi connectivity index (χ0) is 25.6. The summed E-state index contributed by atoms with van der Waals surface area (Å²) in [6.45, 7) is 7.56. The zero-order valence-electron chi connectivity index (χ0n) is 20.2. The van der Waals surface area contributed by atoms with Crippen LogP contribution in [0.25, 0.3) is 0 Å². The summed E-state index contributed by atoms with van der Waals surface area (Å²) in [5.41, 5.74) is 3.68. The van der Waals surface area contributed by atoms with Crippen molar-refractivity contribution in [3.63, 3.8) is 0 Å². The topological polar surface area (TPSA) is 116 Å². The van der Waals surface area contributed by atoms with Crippen LogP contribution in [0.3, 0.4) is 0 Å². The summed E-state index contributed by atoms with van der Waals surface area (Å²) in [7, 11) is -3.87. The van der Waals surface area contributed by atoms with Gasteiger partial charge in [-0.3, -0.25) is 9.52 Å². The summed E-state index contributed by atoms with van der Waals surface area (Å²) in [5, 5.41) is 8.31. The molecule has 0 aliphatic rings. The molecule has 4 N–H and O–H groups in total. The number of sulfonamides is 1. The van der Waals surface area contributed by atoms with Crippen LogP contribution in [-0.2, 0) is 16.6 Å². The molecule has 3 amide bonds. The molecule has 0 unspecified atom stereocenters. The van der Waals surface area contributed by atoms with E-state index in [0.29, 0.717) is 16.9 Å². The first-order valence-electron chi connectivity index (χ1n) is 11.2. The molecule has 0 aliphatic heterocycles. The molecule has 3 aromatic rings. The van der Waals surface area contributed by atoms with Crippen molar-refractivity contribution in [2.75, 3.05) is 10.0 Å². The normalized spacial score (nSPS) is 11.1. The predicted octanol–water partition coefficient (Wildman–Crippen LogP) is 4.56. The number of anilines is 2. The maximum absolute atomic E-state index is 12.9. The van der Waals surface area contributed by atoms with Crippen LogP contribution in [0.15, 0.2) is 71.6 Å². The fourth-order valence-corrected chi connectivity index (χ4v) is 4.47. The summed E-state index contributed by atoms with van der Waals surface area (Å²) in [6, 6.07) is 18.4. The number of para-hydroxylation sites is 1. The Morgan fingerprint density at radius 2 is 1.57 bits per heavy atom. The number of carbonyl (C=O) groups excluding carboxylic acids is 2. The van der Waals surface area contributed by atoms with Crippen LogP contribution in [0.1, 0.15) is 40.9 Å². The van der Waals surface area contributed by atoms with Gasteiger partial charge in [0.2, 0.25) is 0 Å². The van der Waals surface area contributed by atoms with E-state index in [0.717, 1.165) is 11.1 Å². The molecular formula is C26H30N4O4S. The summed E-state index contributed by atoms with van der Waals surface area (Å²) in [6.07, 6.45) is 0. The van der Waals surface area contributed by atoms with Crippen molar-refractivity contribution in [3.8, 4) is 0 Å². The molecule has 0 fully saturated rings. The minimum absolute atomic E-state index is 0.00612. The number of amides is 3. The van der Waals surface area contributed by atoms with Crippen molar-refractivity contribution in [2.24, 2.45) is 0 Å². The minimum atomic E-state index is -3.87. The number of rotatable bonds is 8. The second-order valence-corrected chi connectivity index (χ2v) is 10.2. The fourth-order valence-electron chi connectivity index (χ4n) is 3.32. The third kappa shape index (κ3) is 7.07. The molecule has 0 saturated carbocycles. The highest BCUT2D eigenvalue weighted by Gasteiger charge is 2.19. The third-order valence-electron chi connectivity index (χ3n) is 5.24. The molecule has 3 rings (SSSR count). The van der Waals surface area contributed by atoms with E-state index in [1.54, 1.807) is 49.4 Å². The summed E-state index contributed by atoms with van der Waals surface area (Å²) in [5.74, 6) is -0.381. The highest BCUT2D eigenvalue weighted by atomic mass is 32.2. The number of urea groups is 1. The fraction of sp³-hybridized carbons (Fsp3) is 0.231. The highest BCUT2D eigenvalue weighted by Crippen LogP contribution is 2.21. The van der Waals surface area contributed by atoms with Gasteiger partial charge in [0.1, 0.15) is 0 Å². The monoisotopic (exact) mass is 494 g/mol. The lowest BCUT2D eigenvalue weighted by molar-refractivity contribution is 0.0950. The molecule has 3 aromatic carbocycles. The second-order valence-electron chi connectivity index (χ2n) is 8.53. The molecular weight excluding hydrogens is 464 g/mol. The van der Waals surface area contributed by atoms with Gasteiger partial charge in [-0.1, -0.05) is 36.4 Å². The van der Waals surface area contributed by atoms with E-state index in [-0.39, 0.29) is 35.0 Å². The SMILES string of the molecule is Cc1ccccc1NS(=O)(=O)c1ccc(C)c(C(=O)NCc2ccc(NC(=O)NC(C)C)cc2)c1. The van der Waals surface area contributed by atoms with E-state index in [2.05, 4.69) is 20.7 Å². The van der Waals surface area contributed by atoms with Crippen LogP contribution >= 0.6 is 0 Å². The lowest BCUT2D eigenvalue weighted by atomic mass is 10.1. The molecule has 0 saturated heterocycles. The van der Waals surface area contributed by atoms with Gasteiger partial charge in [-0.25, -0.2) is 13.2 Å². The number of carbonyl (C=O) groups is 2. The van der Waals surface area contributed by atoms with Crippen LogP contribution < -0.4 is 20.7 Å². The minimum Gasteiger partial charge on any atom is -0.348 e. The molecule has 8 nitrogen and oxygen atoms in total. The molecule has 0 atom stereocenters. The number of nitrogens with one attached hydrogen (secondary N) is 4. The molecule has 184 valence electrons. The number of aryl methyl sites for hydroxylation is 2. The quantitative estimate of drug-likeness (QED) is 0.367. The van der Waals surface area contributed by atoms with Crippen molar-refractivity contribution >= 4 is 33.3 Å². The van der Waals surface area contributed by atoms with E-state index in [4.69, 9.17) is 0 Å². The first-order chi connectivity index (χ1) is 16.5. The van der Waals surface area contributed by atoms with Crippen LogP contribution in [0.5, 0.6) is 0 Å². The summed E-state index contributed by atoms with van der Waals surface area (Å²) in [4.78, 5) is 24.7. The zero-order valence-corrected chi connectivity index (χ0v) is 21.0. The molecule has 0 spiro atoms. The van der Waals surface area contributed by atoms with E-state index in [1.165, 1.54) is 12.1 Å². The van der Waals surface area contributed by atoms with Gasteiger partial charge in [0.05, 0.1) is 10.6 Å². The number of hydrogen-bond donors (Lipinski definition) is 4. The van der Waals surface area contributed by atoms with Gasteiger partial charge in [-0.15, -0.1) is 0 Å². The van der Waals surface area contributed by atoms with Gasteiger partial charge in [0.15, 0.2) is 0 Å². The molecule has 0 aliphatic carbocycles. The molecule has 0 radical (unpaired) electrons. The summed E-state index contributed by atoms with van der Waals surface area (Å²) < 4.78 is 28.4. The van der Waals surface area contributed by atoms with E-state index in [9.17, 15) is 18.0 Å². The van der Waals surface area contributed by atoms with Crippen LogP contribution in [0.4, 0.5) is 16.2 Å². The van der Waals surface area contributed by atoms with Gasteiger partial charge in [-0.2, -0.15) is 0 Å². The van der Waals surface area contributed by atoms with E-state index < -0.39 is 10.0 Å². The van der Waals surface area contributed by atoms with Crippen LogP contribution in [-0.4, -0.2) is 26.4 Å². The van der Waals surface area contributed by atoms with E-state index >= 15 is 0 Å². The second kappa shape index (κ2) is 11.1. The molecule has 0 aromatic heterocycles. The molecule has 35 heavy (non-hydrogen) atoms. The van der Waals surface area contributed by atoms with Crippen molar-refractivity contribution in [2.45, 2.75) is 45.2 Å². The summed E-state index contributed by atoms with van der Waals surface area (Å²) >= 11 is 0. The third-order valence-corrected chi connectivity index (χ3v) is 6.60. The molecule has 9 heteroatoms. The van der Waals surface area contributed by atoms with Gasteiger partial charge in [-0.05, 0) is 74.7 Å². The average Bonchev–Trinajstić information content (AvgIpc) is 2.79. The molecule has 0 bridgehead atoms. The maximum Gasteiger partial charge on any atom is 0.319 e. The standard InChI is InChI=1S/C26H30N4O4S/c1-17(2)28-26(32)29-21-12-10-20(11-13-21)16-27-25(31)23-15-22(14-9-18(23)3)35(33,34)30-24-8-6-5-7-19(24)4/h5-15,17,30H,16H2,1-4H3,(H,27,31)(H2,28,29,32). The number of hydrogen-bond acceptors (Lipinski definition) is 4. The van der Waals surface area contributed by atoms with Crippen LogP contribution in [0, 0.1) is 13.8 Å². The highest BCUT2D eigenvalue weighted by molar-refractivity contribution is 7.92. The van der Waals surface area contributed by atoms with Gasteiger partial charge in [0, 0.05) is 23.8 Å². The smallest absolute Gasteiger partial charge is 0.319 e. The van der Waals surface area contributed by atoms with Gasteiger partial charge >= 0.3 is 6.03 Å². The van der Waals surface area contributed by atoms with E-state index in [1.807, 2.05) is 32.9 Å². The Hall–Kier alpha value is -3.85. The number of benzene rings is 3. The average molecular weight is 495 g/mol. The lowest BCUT2D eigenvalue weighted by Gasteiger charge is -2.13. The largest absolute Gasteiger partial charge is 0.348 e.